The summed E-state index contributed by atoms with van der Waals surface area (Å²) in [4.78, 5) is 38.1. The standard InChI is InChI=1S/C66H106O6/c1-4-7-10-13-16-19-22-25-26-27-28-29-30-31-32-33-34-35-36-37-38-39-40-42-44-47-50-53-56-59-65(68)71-62-63(61-70-64(67)58-55-52-49-46-43-24-21-18-15-12-9-6-3)72-66(69)60-57-54-51-48-45-41-23-20-17-14-11-8-5-2/h7,10-11,14,16,18-21,23,25-26,28-29,31-32,34-35,37-38,40,42,63H,4-6,8-9,12-13,15,17,22,24,27,30,33,36,39,41,43-62H2,1-3H3/b10-7-,14-11-,19-16-,21-18-,23-20-,26-25-,29-28-,32-31-,35-34-,38-37-,42-40-. The van der Waals surface area contributed by atoms with Crippen LogP contribution in [0.2, 0.25) is 0 Å². The summed E-state index contributed by atoms with van der Waals surface area (Å²) in [5.74, 6) is -0.954. The summed E-state index contributed by atoms with van der Waals surface area (Å²) >= 11 is 0. The Morgan fingerprint density at radius 2 is 0.569 bits per heavy atom. The molecule has 0 amide bonds. The maximum absolute atomic E-state index is 12.8. The Balaban J connectivity index is 4.36. The van der Waals surface area contributed by atoms with Crippen LogP contribution in [0.1, 0.15) is 245 Å². The van der Waals surface area contributed by atoms with Crippen molar-refractivity contribution in [1.29, 1.82) is 0 Å². The zero-order valence-corrected chi connectivity index (χ0v) is 46.4. The number of hydrogen-bond acceptors (Lipinski definition) is 6. The highest BCUT2D eigenvalue weighted by molar-refractivity contribution is 5.71. The van der Waals surface area contributed by atoms with Crippen molar-refractivity contribution in [3.8, 4) is 0 Å². The maximum Gasteiger partial charge on any atom is 0.306 e. The molecule has 0 heterocycles. The van der Waals surface area contributed by atoms with Crippen LogP contribution in [0.15, 0.2) is 134 Å². The number of hydrogen-bond donors (Lipinski definition) is 0. The normalized spacial score (nSPS) is 13.1. The highest BCUT2D eigenvalue weighted by Gasteiger charge is 2.19. The van der Waals surface area contributed by atoms with E-state index in [0.29, 0.717) is 19.3 Å². The van der Waals surface area contributed by atoms with Crippen LogP contribution < -0.4 is 0 Å². The van der Waals surface area contributed by atoms with Crippen molar-refractivity contribution in [2.45, 2.75) is 252 Å². The molecular weight excluding hydrogens is 889 g/mol. The van der Waals surface area contributed by atoms with Crippen LogP contribution in [0.25, 0.3) is 0 Å². The highest BCUT2D eigenvalue weighted by atomic mass is 16.6. The number of allylic oxidation sites excluding steroid dienone is 22. The van der Waals surface area contributed by atoms with E-state index in [4.69, 9.17) is 14.2 Å². The molecular formula is C66H106O6. The summed E-state index contributed by atoms with van der Waals surface area (Å²) < 4.78 is 16.8. The Morgan fingerprint density at radius 3 is 0.917 bits per heavy atom. The molecule has 0 radical (unpaired) electrons. The lowest BCUT2D eigenvalue weighted by Crippen LogP contribution is -2.30. The van der Waals surface area contributed by atoms with Gasteiger partial charge in [0.2, 0.25) is 0 Å². The second kappa shape index (κ2) is 59.1. The fourth-order valence-electron chi connectivity index (χ4n) is 7.49. The third kappa shape index (κ3) is 56.5. The lowest BCUT2D eigenvalue weighted by molar-refractivity contribution is -0.167. The van der Waals surface area contributed by atoms with E-state index in [-0.39, 0.29) is 31.1 Å². The summed E-state index contributed by atoms with van der Waals surface area (Å²) in [6.07, 6.45) is 83.0. The van der Waals surface area contributed by atoms with Crippen molar-refractivity contribution < 1.29 is 28.6 Å². The quantitative estimate of drug-likeness (QED) is 0.0261. The number of carbonyl (C=O) groups is 3. The van der Waals surface area contributed by atoms with Gasteiger partial charge in [-0.3, -0.25) is 14.4 Å². The summed E-state index contributed by atoms with van der Waals surface area (Å²) in [5.41, 5.74) is 0. The molecule has 6 heteroatoms. The van der Waals surface area contributed by atoms with Gasteiger partial charge < -0.3 is 14.2 Å². The van der Waals surface area contributed by atoms with E-state index >= 15 is 0 Å². The molecule has 0 spiro atoms. The number of ether oxygens (including phenoxy) is 3. The Bertz CT molecular complexity index is 1560. The molecule has 0 bridgehead atoms. The fraction of sp³-hybridized carbons (Fsp3) is 0.621. The first-order chi connectivity index (χ1) is 35.5. The molecule has 0 aromatic carbocycles. The third-order valence-electron chi connectivity index (χ3n) is 11.8. The molecule has 72 heavy (non-hydrogen) atoms. The number of rotatable bonds is 51. The van der Waals surface area contributed by atoms with Gasteiger partial charge in [0, 0.05) is 19.3 Å². The van der Waals surface area contributed by atoms with Crippen molar-refractivity contribution in [2.24, 2.45) is 0 Å². The highest BCUT2D eigenvalue weighted by Crippen LogP contribution is 2.13. The lowest BCUT2D eigenvalue weighted by Gasteiger charge is -2.18. The smallest absolute Gasteiger partial charge is 0.306 e. The molecule has 1 unspecified atom stereocenters. The van der Waals surface area contributed by atoms with Gasteiger partial charge in [0.15, 0.2) is 6.10 Å². The van der Waals surface area contributed by atoms with Gasteiger partial charge in [-0.15, -0.1) is 0 Å². The van der Waals surface area contributed by atoms with Crippen molar-refractivity contribution in [3.63, 3.8) is 0 Å². The van der Waals surface area contributed by atoms with Gasteiger partial charge in [-0.2, -0.15) is 0 Å². The summed E-state index contributed by atoms with van der Waals surface area (Å²) in [6.45, 7) is 6.38. The van der Waals surface area contributed by atoms with E-state index in [2.05, 4.69) is 154 Å². The second-order valence-corrected chi connectivity index (χ2v) is 18.8. The predicted molar refractivity (Wildman–Crippen MR) is 311 cm³/mol. The molecule has 1 atom stereocenters. The van der Waals surface area contributed by atoms with Crippen LogP contribution >= 0.6 is 0 Å². The average Bonchev–Trinajstić information content (AvgIpc) is 3.38. The van der Waals surface area contributed by atoms with Crippen LogP contribution in [0, 0.1) is 0 Å². The first kappa shape index (κ1) is 67.5. The first-order valence-electron chi connectivity index (χ1n) is 29.2. The maximum atomic E-state index is 12.8. The predicted octanol–water partition coefficient (Wildman–Crippen LogP) is 19.8. The van der Waals surface area contributed by atoms with Gasteiger partial charge in [0.25, 0.3) is 0 Å². The minimum atomic E-state index is -0.803. The van der Waals surface area contributed by atoms with Crippen molar-refractivity contribution >= 4 is 17.9 Å². The third-order valence-corrected chi connectivity index (χ3v) is 11.8. The molecule has 0 rings (SSSR count). The summed E-state index contributed by atoms with van der Waals surface area (Å²) in [7, 11) is 0. The average molecular weight is 996 g/mol. The molecule has 0 aliphatic heterocycles. The SMILES string of the molecule is CC/C=C\C/C=C\C/C=C\C/C=C\C/C=C\C/C=C\C/C=C\C/C=C\CCCCCCC(=O)OCC(COC(=O)CCCCCCC/C=C\CCCCC)OC(=O)CCCCCCC/C=C\C/C=C\CCC. The minimum Gasteiger partial charge on any atom is -0.462 e. The van der Waals surface area contributed by atoms with Crippen LogP contribution in [-0.4, -0.2) is 37.2 Å². The zero-order valence-electron chi connectivity index (χ0n) is 46.4. The minimum absolute atomic E-state index is 0.100. The molecule has 0 saturated heterocycles. The van der Waals surface area contributed by atoms with Gasteiger partial charge in [0.05, 0.1) is 0 Å². The van der Waals surface area contributed by atoms with E-state index in [1.54, 1.807) is 0 Å². The Morgan fingerprint density at radius 1 is 0.292 bits per heavy atom. The van der Waals surface area contributed by atoms with Crippen molar-refractivity contribution in [2.75, 3.05) is 13.2 Å². The van der Waals surface area contributed by atoms with E-state index in [1.165, 1.54) is 38.5 Å². The van der Waals surface area contributed by atoms with Crippen LogP contribution in [0.5, 0.6) is 0 Å². The Hall–Kier alpha value is -4.45. The molecule has 0 aromatic rings. The number of carbonyl (C=O) groups excluding carboxylic acids is 3. The first-order valence-corrected chi connectivity index (χ1v) is 29.2. The zero-order chi connectivity index (χ0) is 52.2. The Kier molecular flexibility index (Phi) is 55.5. The largest absolute Gasteiger partial charge is 0.462 e. The molecule has 0 fully saturated rings. The van der Waals surface area contributed by atoms with Gasteiger partial charge >= 0.3 is 17.9 Å². The van der Waals surface area contributed by atoms with E-state index in [0.717, 1.165) is 167 Å². The van der Waals surface area contributed by atoms with Crippen molar-refractivity contribution in [1.82, 2.24) is 0 Å². The molecule has 406 valence electrons. The molecule has 0 aliphatic carbocycles. The lowest BCUT2D eigenvalue weighted by atomic mass is 10.1. The summed E-state index contributed by atoms with van der Waals surface area (Å²) in [6, 6.07) is 0. The monoisotopic (exact) mass is 995 g/mol. The molecule has 0 N–H and O–H groups in total. The molecule has 6 nitrogen and oxygen atoms in total. The summed E-state index contributed by atoms with van der Waals surface area (Å²) in [5, 5.41) is 0. The number of esters is 3. The van der Waals surface area contributed by atoms with E-state index < -0.39 is 6.10 Å². The fourth-order valence-corrected chi connectivity index (χ4v) is 7.49. The molecule has 0 saturated carbocycles. The van der Waals surface area contributed by atoms with Crippen molar-refractivity contribution in [3.05, 3.63) is 134 Å². The van der Waals surface area contributed by atoms with Gasteiger partial charge in [-0.25, -0.2) is 0 Å². The van der Waals surface area contributed by atoms with Gasteiger partial charge in [-0.05, 0) is 135 Å². The second-order valence-electron chi connectivity index (χ2n) is 18.8. The van der Waals surface area contributed by atoms with E-state index in [1.807, 2.05) is 0 Å². The Labute approximate surface area is 443 Å². The number of unbranched alkanes of at least 4 members (excludes halogenated alkanes) is 18. The topological polar surface area (TPSA) is 78.9 Å². The van der Waals surface area contributed by atoms with E-state index in [9.17, 15) is 14.4 Å². The van der Waals surface area contributed by atoms with Gasteiger partial charge in [-0.1, -0.05) is 225 Å². The van der Waals surface area contributed by atoms with Crippen LogP contribution in [0.4, 0.5) is 0 Å². The van der Waals surface area contributed by atoms with Crippen LogP contribution in [-0.2, 0) is 28.6 Å². The molecule has 0 aromatic heterocycles. The van der Waals surface area contributed by atoms with Crippen LogP contribution in [0.3, 0.4) is 0 Å². The molecule has 0 aliphatic rings. The van der Waals surface area contributed by atoms with Gasteiger partial charge in [0.1, 0.15) is 13.2 Å².